The number of unbranched alkanes of at least 4 members (excludes halogenated alkanes) is 1. The maximum absolute atomic E-state index is 5.51. The first-order chi connectivity index (χ1) is 8.40. The molecule has 1 fully saturated rings. The lowest BCUT2D eigenvalue weighted by molar-refractivity contribution is -0.0441. The van der Waals surface area contributed by atoms with Gasteiger partial charge in [-0.25, -0.2) is 0 Å². The van der Waals surface area contributed by atoms with Crippen LogP contribution in [0.5, 0.6) is 0 Å². The van der Waals surface area contributed by atoms with E-state index in [0.717, 1.165) is 5.56 Å². The third-order valence-electron chi connectivity index (χ3n) is 3.16. The SMILES string of the molecule is CBCCCCc1cccc(C2OCCO2)c1. The van der Waals surface area contributed by atoms with E-state index in [1.54, 1.807) is 0 Å². The second-order valence-electron chi connectivity index (χ2n) is 4.63. The molecular weight excluding hydrogens is 211 g/mol. The van der Waals surface area contributed by atoms with Crippen LogP contribution >= 0.6 is 0 Å². The van der Waals surface area contributed by atoms with Crippen molar-refractivity contribution in [2.45, 2.75) is 38.7 Å². The molecule has 17 heavy (non-hydrogen) atoms. The molecule has 1 aliphatic rings. The fraction of sp³-hybridized carbons (Fsp3) is 0.571. The molecule has 0 amide bonds. The van der Waals surface area contributed by atoms with Crippen molar-refractivity contribution in [1.29, 1.82) is 0 Å². The molecule has 1 aromatic rings. The molecule has 0 saturated carbocycles. The molecule has 1 saturated heterocycles. The van der Waals surface area contributed by atoms with Gasteiger partial charge >= 0.3 is 0 Å². The number of hydrogen-bond donors (Lipinski definition) is 0. The summed E-state index contributed by atoms with van der Waals surface area (Å²) in [6.45, 7) is 3.67. The molecule has 0 N–H and O–H groups in total. The summed E-state index contributed by atoms with van der Waals surface area (Å²) < 4.78 is 11.0. The average molecular weight is 232 g/mol. The Morgan fingerprint density at radius 3 is 2.82 bits per heavy atom. The summed E-state index contributed by atoms with van der Waals surface area (Å²) in [5, 5.41) is 0. The highest BCUT2D eigenvalue weighted by atomic mass is 16.7. The summed E-state index contributed by atoms with van der Waals surface area (Å²) in [6, 6.07) is 8.62. The predicted octanol–water partition coefficient (Wildman–Crippen LogP) is 2.96. The second kappa shape index (κ2) is 6.82. The van der Waals surface area contributed by atoms with Crippen molar-refractivity contribution in [2.24, 2.45) is 0 Å². The minimum Gasteiger partial charge on any atom is -0.346 e. The van der Waals surface area contributed by atoms with Crippen LogP contribution in [0, 0.1) is 0 Å². The van der Waals surface area contributed by atoms with Gasteiger partial charge in [-0.1, -0.05) is 43.8 Å². The highest BCUT2D eigenvalue weighted by Gasteiger charge is 2.17. The number of rotatable bonds is 6. The summed E-state index contributed by atoms with van der Waals surface area (Å²) in [4.78, 5) is 0. The largest absolute Gasteiger partial charge is 0.346 e. The lowest BCUT2D eigenvalue weighted by atomic mass is 9.76. The minimum absolute atomic E-state index is 0.134. The fourth-order valence-corrected chi connectivity index (χ4v) is 2.20. The van der Waals surface area contributed by atoms with E-state index in [9.17, 15) is 0 Å². The van der Waals surface area contributed by atoms with Crippen molar-refractivity contribution >= 4 is 7.28 Å². The van der Waals surface area contributed by atoms with Crippen molar-refractivity contribution in [3.63, 3.8) is 0 Å². The normalized spacial score (nSPS) is 16.3. The zero-order valence-electron chi connectivity index (χ0n) is 10.7. The van der Waals surface area contributed by atoms with Crippen LogP contribution < -0.4 is 0 Å². The van der Waals surface area contributed by atoms with E-state index in [0.29, 0.717) is 13.2 Å². The van der Waals surface area contributed by atoms with E-state index < -0.39 is 0 Å². The molecule has 0 aromatic heterocycles. The maximum atomic E-state index is 5.51. The smallest absolute Gasteiger partial charge is 0.184 e. The zero-order chi connectivity index (χ0) is 11.9. The highest BCUT2D eigenvalue weighted by Crippen LogP contribution is 2.24. The van der Waals surface area contributed by atoms with Crippen molar-refractivity contribution in [3.05, 3.63) is 35.4 Å². The van der Waals surface area contributed by atoms with Gasteiger partial charge in [-0.2, -0.15) is 0 Å². The first-order valence-corrected chi connectivity index (χ1v) is 6.72. The molecule has 0 atom stereocenters. The van der Waals surface area contributed by atoms with Crippen LogP contribution in [-0.4, -0.2) is 20.5 Å². The summed E-state index contributed by atoms with van der Waals surface area (Å²) >= 11 is 0. The van der Waals surface area contributed by atoms with Crippen molar-refractivity contribution in [2.75, 3.05) is 13.2 Å². The first-order valence-electron chi connectivity index (χ1n) is 6.72. The van der Waals surface area contributed by atoms with Crippen LogP contribution in [0.15, 0.2) is 24.3 Å². The van der Waals surface area contributed by atoms with Gasteiger partial charge in [0.2, 0.25) is 0 Å². The summed E-state index contributed by atoms with van der Waals surface area (Å²) in [5.74, 6) is 0. The summed E-state index contributed by atoms with van der Waals surface area (Å²) in [6.07, 6.45) is 4.99. The van der Waals surface area contributed by atoms with Crippen LogP contribution in [0.1, 0.15) is 30.3 Å². The molecule has 92 valence electrons. The molecule has 3 heteroatoms. The third kappa shape index (κ3) is 3.86. The van der Waals surface area contributed by atoms with Crippen LogP contribution in [0.25, 0.3) is 0 Å². The number of hydrogen-bond acceptors (Lipinski definition) is 2. The molecule has 0 radical (unpaired) electrons. The van der Waals surface area contributed by atoms with Crippen LogP contribution in [-0.2, 0) is 15.9 Å². The summed E-state index contributed by atoms with van der Waals surface area (Å²) in [7, 11) is 1.30. The molecule has 1 aromatic carbocycles. The molecule has 1 aliphatic heterocycles. The Morgan fingerprint density at radius 2 is 2.06 bits per heavy atom. The van der Waals surface area contributed by atoms with E-state index in [1.807, 2.05) is 0 Å². The third-order valence-corrected chi connectivity index (χ3v) is 3.16. The molecule has 0 spiro atoms. The second-order valence-corrected chi connectivity index (χ2v) is 4.63. The monoisotopic (exact) mass is 232 g/mol. The predicted molar refractivity (Wildman–Crippen MR) is 71.8 cm³/mol. The van der Waals surface area contributed by atoms with Crippen molar-refractivity contribution < 1.29 is 9.47 Å². The van der Waals surface area contributed by atoms with Crippen LogP contribution in [0.2, 0.25) is 13.1 Å². The van der Waals surface area contributed by atoms with Gasteiger partial charge in [-0.15, -0.1) is 0 Å². The number of benzene rings is 1. The van der Waals surface area contributed by atoms with Gasteiger partial charge in [0.25, 0.3) is 0 Å². The molecule has 0 bridgehead atoms. The van der Waals surface area contributed by atoms with Gasteiger partial charge in [-0.05, 0) is 18.4 Å². The van der Waals surface area contributed by atoms with Crippen LogP contribution in [0.4, 0.5) is 0 Å². The maximum Gasteiger partial charge on any atom is 0.184 e. The average Bonchev–Trinajstić information content (AvgIpc) is 2.89. The number of ether oxygens (including phenoxy) is 2. The first kappa shape index (κ1) is 12.7. The Morgan fingerprint density at radius 1 is 1.24 bits per heavy atom. The molecule has 2 nitrogen and oxygen atoms in total. The minimum atomic E-state index is -0.134. The number of aryl methyl sites for hydroxylation is 1. The van der Waals surface area contributed by atoms with Gasteiger partial charge in [0.15, 0.2) is 6.29 Å². The van der Waals surface area contributed by atoms with Crippen LogP contribution in [0.3, 0.4) is 0 Å². The fourth-order valence-electron chi connectivity index (χ4n) is 2.20. The molecule has 1 heterocycles. The Kier molecular flexibility index (Phi) is 5.08. The van der Waals surface area contributed by atoms with E-state index >= 15 is 0 Å². The quantitative estimate of drug-likeness (QED) is 0.554. The van der Waals surface area contributed by atoms with Gasteiger partial charge in [-0.3, -0.25) is 0 Å². The Bertz CT molecular complexity index is 335. The summed E-state index contributed by atoms with van der Waals surface area (Å²) in [5.41, 5.74) is 2.56. The highest BCUT2D eigenvalue weighted by molar-refractivity contribution is 6.33. The topological polar surface area (TPSA) is 18.5 Å². The van der Waals surface area contributed by atoms with E-state index in [4.69, 9.17) is 9.47 Å². The van der Waals surface area contributed by atoms with Gasteiger partial charge < -0.3 is 9.47 Å². The Hall–Kier alpha value is -0.795. The van der Waals surface area contributed by atoms with E-state index in [2.05, 4.69) is 31.1 Å². The van der Waals surface area contributed by atoms with E-state index in [1.165, 1.54) is 38.4 Å². The standard InChI is InChI=1S/C14H21BO2/c1-15-8-3-2-5-12-6-4-7-13(11-12)14-16-9-10-17-14/h4,6-7,11,14-15H,2-3,5,8-10H2,1H3. The Labute approximate surface area is 105 Å². The molecule has 0 aliphatic carbocycles. The molecular formula is C14H21BO2. The van der Waals surface area contributed by atoms with E-state index in [-0.39, 0.29) is 6.29 Å². The Balaban J connectivity index is 1.87. The zero-order valence-corrected chi connectivity index (χ0v) is 10.7. The van der Waals surface area contributed by atoms with Gasteiger partial charge in [0.1, 0.15) is 7.28 Å². The molecule has 0 unspecified atom stereocenters. The lowest BCUT2D eigenvalue weighted by Crippen LogP contribution is -1.99. The van der Waals surface area contributed by atoms with Gasteiger partial charge in [0.05, 0.1) is 13.2 Å². The van der Waals surface area contributed by atoms with Crippen molar-refractivity contribution in [3.8, 4) is 0 Å². The molecule has 2 rings (SSSR count). The lowest BCUT2D eigenvalue weighted by Gasteiger charge is -2.10. The van der Waals surface area contributed by atoms with Crippen molar-refractivity contribution in [1.82, 2.24) is 0 Å². The van der Waals surface area contributed by atoms with Gasteiger partial charge in [0, 0.05) is 5.56 Å².